The highest BCUT2D eigenvalue weighted by Gasteiger charge is 2.47. The summed E-state index contributed by atoms with van der Waals surface area (Å²) in [5, 5.41) is 9.95. The van der Waals surface area contributed by atoms with E-state index in [4.69, 9.17) is 0 Å². The molecule has 6 heteroatoms. The molecule has 0 spiro atoms. The van der Waals surface area contributed by atoms with Gasteiger partial charge in [-0.1, -0.05) is 0 Å². The first-order valence-corrected chi connectivity index (χ1v) is 10.3. The van der Waals surface area contributed by atoms with Gasteiger partial charge in [0.25, 0.3) is 0 Å². The summed E-state index contributed by atoms with van der Waals surface area (Å²) in [7, 11) is 0. The van der Waals surface area contributed by atoms with Gasteiger partial charge >= 0.3 is 0 Å². The molecule has 0 atom stereocenters. The molecule has 3 aromatic rings. The van der Waals surface area contributed by atoms with Crippen LogP contribution in [0.25, 0.3) is 22.2 Å². The molecule has 1 aromatic heterocycles. The SMILES string of the molecule is O=C(CC1(CO)CC1)C1CC(c2c(-c3ccc(F)cc3)[nH]c3c(F)cc(F)cc23)C1. The van der Waals surface area contributed by atoms with Crippen LogP contribution in [0.15, 0.2) is 36.4 Å². The van der Waals surface area contributed by atoms with E-state index < -0.39 is 11.6 Å². The Labute approximate surface area is 171 Å². The van der Waals surface area contributed by atoms with Crippen LogP contribution in [0.4, 0.5) is 13.2 Å². The molecule has 0 bridgehead atoms. The van der Waals surface area contributed by atoms with Crippen LogP contribution >= 0.6 is 0 Å². The van der Waals surface area contributed by atoms with Gasteiger partial charge in [0.15, 0.2) is 0 Å². The summed E-state index contributed by atoms with van der Waals surface area (Å²) in [4.78, 5) is 15.7. The quantitative estimate of drug-likeness (QED) is 0.562. The average Bonchev–Trinajstić information content (AvgIpc) is 3.35. The molecule has 2 aromatic carbocycles. The molecule has 0 amide bonds. The van der Waals surface area contributed by atoms with E-state index in [9.17, 15) is 23.1 Å². The molecule has 3 nitrogen and oxygen atoms in total. The monoisotopic (exact) mass is 413 g/mol. The summed E-state index contributed by atoms with van der Waals surface area (Å²) in [5.41, 5.74) is 2.11. The predicted molar refractivity (Wildman–Crippen MR) is 107 cm³/mol. The average molecular weight is 413 g/mol. The minimum atomic E-state index is -0.676. The molecule has 1 heterocycles. The standard InChI is InChI=1S/C24H22F3NO2/c25-16-3-1-13(2-4-16)22-21(18-9-17(26)10-19(27)23(18)28-22)15-7-14(8-15)20(30)11-24(12-29)5-6-24/h1-4,9-10,14-15,28-29H,5-8,11-12H2. The smallest absolute Gasteiger partial charge is 0.150 e. The summed E-state index contributed by atoms with van der Waals surface area (Å²) in [6, 6.07) is 8.04. The molecule has 0 unspecified atom stereocenters. The van der Waals surface area contributed by atoms with Crippen molar-refractivity contribution in [2.24, 2.45) is 11.3 Å². The van der Waals surface area contributed by atoms with Crippen LogP contribution in [0.5, 0.6) is 0 Å². The van der Waals surface area contributed by atoms with Gasteiger partial charge in [0.05, 0.1) is 11.2 Å². The number of aliphatic hydroxyl groups is 1. The number of halogens is 3. The number of hydrogen-bond acceptors (Lipinski definition) is 2. The number of benzene rings is 2. The minimum absolute atomic E-state index is 0.0155. The van der Waals surface area contributed by atoms with E-state index in [1.54, 1.807) is 12.1 Å². The molecule has 30 heavy (non-hydrogen) atoms. The molecule has 2 aliphatic rings. The van der Waals surface area contributed by atoms with Crippen molar-refractivity contribution in [3.8, 4) is 11.3 Å². The highest BCUT2D eigenvalue weighted by Crippen LogP contribution is 2.53. The third kappa shape index (κ3) is 3.23. The number of H-pyrrole nitrogens is 1. The van der Waals surface area contributed by atoms with E-state index in [0.717, 1.165) is 24.5 Å². The van der Waals surface area contributed by atoms with Crippen LogP contribution in [-0.2, 0) is 4.79 Å². The molecular weight excluding hydrogens is 391 g/mol. The van der Waals surface area contributed by atoms with Gasteiger partial charge in [-0.15, -0.1) is 0 Å². The Hall–Kier alpha value is -2.60. The number of carbonyl (C=O) groups is 1. The van der Waals surface area contributed by atoms with Crippen LogP contribution in [0.1, 0.15) is 43.6 Å². The van der Waals surface area contributed by atoms with Gasteiger partial charge in [-0.05, 0) is 73.1 Å². The van der Waals surface area contributed by atoms with Gasteiger partial charge in [0.1, 0.15) is 23.2 Å². The normalized spacial score (nSPS) is 22.1. The summed E-state index contributed by atoms with van der Waals surface area (Å²) in [6.45, 7) is 0.0462. The maximum absolute atomic E-state index is 14.4. The molecule has 156 valence electrons. The highest BCUT2D eigenvalue weighted by atomic mass is 19.1. The fourth-order valence-corrected chi connectivity index (χ4v) is 4.71. The van der Waals surface area contributed by atoms with Gasteiger partial charge in [0.2, 0.25) is 0 Å². The topological polar surface area (TPSA) is 53.1 Å². The fourth-order valence-electron chi connectivity index (χ4n) is 4.71. The Morgan fingerprint density at radius 3 is 2.40 bits per heavy atom. The number of hydrogen-bond donors (Lipinski definition) is 2. The summed E-state index contributed by atoms with van der Waals surface area (Å²) >= 11 is 0. The van der Waals surface area contributed by atoms with Crippen molar-refractivity contribution < 1.29 is 23.1 Å². The van der Waals surface area contributed by atoms with E-state index in [0.29, 0.717) is 35.9 Å². The number of fused-ring (bicyclic) bond motifs is 1. The van der Waals surface area contributed by atoms with Gasteiger partial charge in [0, 0.05) is 35.8 Å². The molecule has 0 aliphatic heterocycles. The van der Waals surface area contributed by atoms with Crippen molar-refractivity contribution >= 4 is 16.7 Å². The number of aromatic nitrogens is 1. The number of ketones is 1. The molecule has 2 N–H and O–H groups in total. The number of Topliss-reactive ketones (excluding diaryl/α,β-unsaturated/α-hetero) is 1. The van der Waals surface area contributed by atoms with E-state index in [1.807, 2.05) is 0 Å². The molecule has 0 radical (unpaired) electrons. The van der Waals surface area contributed by atoms with Crippen LogP contribution in [0, 0.1) is 28.8 Å². The van der Waals surface area contributed by atoms with Crippen molar-refractivity contribution in [1.29, 1.82) is 0 Å². The summed E-state index contributed by atoms with van der Waals surface area (Å²) in [5.74, 6) is -1.65. The highest BCUT2D eigenvalue weighted by molar-refractivity contribution is 5.93. The second-order valence-corrected chi connectivity index (χ2v) is 8.90. The first kappa shape index (κ1) is 19.4. The third-order valence-electron chi connectivity index (χ3n) is 6.84. The van der Waals surface area contributed by atoms with Gasteiger partial charge in [-0.25, -0.2) is 13.2 Å². The van der Waals surface area contributed by atoms with Crippen molar-refractivity contribution in [2.45, 2.75) is 38.0 Å². The molecule has 2 saturated carbocycles. The number of aliphatic hydroxyl groups excluding tert-OH is 1. The zero-order chi connectivity index (χ0) is 21.0. The molecule has 0 saturated heterocycles. The Morgan fingerprint density at radius 1 is 1.07 bits per heavy atom. The Morgan fingerprint density at radius 2 is 1.77 bits per heavy atom. The zero-order valence-electron chi connectivity index (χ0n) is 16.4. The summed E-state index contributed by atoms with van der Waals surface area (Å²) < 4.78 is 41.8. The van der Waals surface area contributed by atoms with E-state index in [2.05, 4.69) is 4.98 Å². The molecule has 5 rings (SSSR count). The molecule has 2 fully saturated rings. The number of aromatic amines is 1. The van der Waals surface area contributed by atoms with Gasteiger partial charge < -0.3 is 10.1 Å². The van der Waals surface area contributed by atoms with Crippen molar-refractivity contribution in [2.75, 3.05) is 6.61 Å². The largest absolute Gasteiger partial charge is 0.396 e. The number of carbonyl (C=O) groups excluding carboxylic acids is 1. The second-order valence-electron chi connectivity index (χ2n) is 8.90. The van der Waals surface area contributed by atoms with E-state index in [1.165, 1.54) is 18.2 Å². The lowest BCUT2D eigenvalue weighted by Crippen LogP contribution is -2.31. The lowest BCUT2D eigenvalue weighted by atomic mass is 9.67. The van der Waals surface area contributed by atoms with Crippen molar-refractivity contribution in [3.05, 3.63) is 59.4 Å². The summed E-state index contributed by atoms with van der Waals surface area (Å²) in [6.07, 6.45) is 3.41. The number of rotatable bonds is 6. The van der Waals surface area contributed by atoms with Crippen LogP contribution < -0.4 is 0 Å². The predicted octanol–water partition coefficient (Wildman–Crippen LogP) is 5.48. The minimum Gasteiger partial charge on any atom is -0.396 e. The van der Waals surface area contributed by atoms with E-state index in [-0.39, 0.29) is 41.0 Å². The van der Waals surface area contributed by atoms with Crippen LogP contribution in [0.3, 0.4) is 0 Å². The van der Waals surface area contributed by atoms with E-state index >= 15 is 0 Å². The lowest BCUT2D eigenvalue weighted by Gasteiger charge is -2.36. The first-order valence-electron chi connectivity index (χ1n) is 10.3. The maximum atomic E-state index is 14.4. The van der Waals surface area contributed by atoms with Gasteiger partial charge in [-0.2, -0.15) is 0 Å². The fraction of sp³-hybridized carbons (Fsp3) is 0.375. The van der Waals surface area contributed by atoms with Crippen LogP contribution in [0.2, 0.25) is 0 Å². The van der Waals surface area contributed by atoms with Crippen molar-refractivity contribution in [3.63, 3.8) is 0 Å². The van der Waals surface area contributed by atoms with Gasteiger partial charge in [-0.3, -0.25) is 4.79 Å². The molecule has 2 aliphatic carbocycles. The number of nitrogens with one attached hydrogen (secondary N) is 1. The Balaban J connectivity index is 1.48. The third-order valence-corrected chi connectivity index (χ3v) is 6.84. The van der Waals surface area contributed by atoms with Crippen molar-refractivity contribution in [1.82, 2.24) is 4.98 Å². The zero-order valence-corrected chi connectivity index (χ0v) is 16.4. The first-order chi connectivity index (χ1) is 14.4. The Kier molecular flexibility index (Phi) is 4.51. The Bertz CT molecular complexity index is 1130. The second kappa shape index (κ2) is 6.98. The maximum Gasteiger partial charge on any atom is 0.150 e. The molecular formula is C24H22F3NO2. The van der Waals surface area contributed by atoms with Crippen LogP contribution in [-0.4, -0.2) is 22.5 Å². The lowest BCUT2D eigenvalue weighted by molar-refractivity contribution is -0.127.